The fourth-order valence-corrected chi connectivity index (χ4v) is 4.76. The summed E-state index contributed by atoms with van der Waals surface area (Å²) < 4.78 is 25.7. The zero-order valence-corrected chi connectivity index (χ0v) is 14.0. The molecule has 0 spiro atoms. The highest BCUT2D eigenvalue weighted by atomic mass is 32.2. The van der Waals surface area contributed by atoms with Crippen LogP contribution < -0.4 is 5.32 Å². The number of amides is 1. The quantitative estimate of drug-likeness (QED) is 0.927. The third-order valence-electron chi connectivity index (χ3n) is 3.71. The Hall–Kier alpha value is -1.51. The number of thiazole rings is 1. The topological polar surface area (TPSA) is 79.4 Å². The highest BCUT2D eigenvalue weighted by molar-refractivity contribution is 7.88. The second kappa shape index (κ2) is 5.60. The number of carbonyl (C=O) groups is 1. The van der Waals surface area contributed by atoms with Crippen molar-refractivity contribution in [2.45, 2.75) is 25.8 Å². The van der Waals surface area contributed by atoms with Gasteiger partial charge in [0.1, 0.15) is 6.04 Å². The molecule has 6 nitrogen and oxygen atoms in total. The van der Waals surface area contributed by atoms with Gasteiger partial charge < -0.3 is 5.32 Å². The SMILES string of the molecule is Cc1ccc2nc(NC(=O)[C@H]3CCCN3S(C)(=O)=O)sc2c1. The predicted molar refractivity (Wildman–Crippen MR) is 87.6 cm³/mol. The monoisotopic (exact) mass is 339 g/mol. The van der Waals surface area contributed by atoms with Gasteiger partial charge in [-0.2, -0.15) is 4.31 Å². The van der Waals surface area contributed by atoms with Gasteiger partial charge >= 0.3 is 0 Å². The number of hydrogen-bond donors (Lipinski definition) is 1. The Kier molecular flexibility index (Phi) is 3.92. The number of nitrogens with one attached hydrogen (secondary N) is 1. The zero-order valence-electron chi connectivity index (χ0n) is 12.4. The lowest BCUT2D eigenvalue weighted by Gasteiger charge is -2.20. The van der Waals surface area contributed by atoms with Crippen molar-refractivity contribution in [3.05, 3.63) is 23.8 Å². The average molecular weight is 339 g/mol. The van der Waals surface area contributed by atoms with Crippen LogP contribution in [0.4, 0.5) is 5.13 Å². The summed E-state index contributed by atoms with van der Waals surface area (Å²) >= 11 is 1.40. The Morgan fingerprint density at radius 1 is 1.45 bits per heavy atom. The summed E-state index contributed by atoms with van der Waals surface area (Å²) in [5.74, 6) is -0.307. The molecule has 0 unspecified atom stereocenters. The largest absolute Gasteiger partial charge is 0.301 e. The van der Waals surface area contributed by atoms with Gasteiger partial charge in [0.05, 0.1) is 16.5 Å². The molecule has 0 aliphatic carbocycles. The number of carbonyl (C=O) groups excluding carboxylic acids is 1. The standard InChI is InChI=1S/C14H17N3O3S2/c1-9-5-6-10-12(8-9)21-14(15-10)16-13(18)11-4-3-7-17(11)22(2,19)20/h5-6,8,11H,3-4,7H2,1-2H3,(H,15,16,18)/t11-/m1/s1. The number of aryl methyl sites for hydroxylation is 1. The first-order valence-corrected chi connectivity index (χ1v) is 9.66. The zero-order chi connectivity index (χ0) is 15.9. The molecule has 1 saturated heterocycles. The molecule has 1 fully saturated rings. The molecule has 22 heavy (non-hydrogen) atoms. The molecule has 1 N–H and O–H groups in total. The lowest BCUT2D eigenvalue weighted by molar-refractivity contribution is -0.119. The van der Waals surface area contributed by atoms with Crippen LogP contribution in [0.25, 0.3) is 10.2 Å². The van der Waals surface area contributed by atoms with Crippen molar-refractivity contribution in [2.24, 2.45) is 0 Å². The van der Waals surface area contributed by atoms with Gasteiger partial charge in [-0.3, -0.25) is 4.79 Å². The fourth-order valence-electron chi connectivity index (χ4n) is 2.67. The number of hydrogen-bond acceptors (Lipinski definition) is 5. The maximum Gasteiger partial charge on any atom is 0.244 e. The van der Waals surface area contributed by atoms with Gasteiger partial charge in [0.15, 0.2) is 5.13 Å². The van der Waals surface area contributed by atoms with E-state index in [1.807, 2.05) is 25.1 Å². The molecule has 1 aromatic heterocycles. The van der Waals surface area contributed by atoms with E-state index in [4.69, 9.17) is 0 Å². The molecule has 2 heterocycles. The van der Waals surface area contributed by atoms with Crippen molar-refractivity contribution in [1.82, 2.24) is 9.29 Å². The smallest absolute Gasteiger partial charge is 0.244 e. The van der Waals surface area contributed by atoms with Gasteiger partial charge in [0.2, 0.25) is 15.9 Å². The number of benzene rings is 1. The molecule has 118 valence electrons. The molecule has 1 aliphatic heterocycles. The number of anilines is 1. The van der Waals surface area contributed by atoms with Crippen LogP contribution in [0.2, 0.25) is 0 Å². The normalized spacial score (nSPS) is 19.6. The average Bonchev–Trinajstić information content (AvgIpc) is 3.02. The second-order valence-electron chi connectivity index (χ2n) is 5.51. The van der Waals surface area contributed by atoms with E-state index in [0.717, 1.165) is 22.0 Å². The number of sulfonamides is 1. The molecule has 0 saturated carbocycles. The summed E-state index contributed by atoms with van der Waals surface area (Å²) in [5, 5.41) is 3.26. The first-order chi connectivity index (χ1) is 10.3. The van der Waals surface area contributed by atoms with E-state index in [-0.39, 0.29) is 5.91 Å². The lowest BCUT2D eigenvalue weighted by atomic mass is 10.2. The van der Waals surface area contributed by atoms with Gasteiger partial charge in [0, 0.05) is 6.54 Å². The lowest BCUT2D eigenvalue weighted by Crippen LogP contribution is -2.42. The van der Waals surface area contributed by atoms with Gasteiger partial charge in [-0.1, -0.05) is 17.4 Å². The predicted octanol–water partition coefficient (Wildman–Crippen LogP) is 1.97. The van der Waals surface area contributed by atoms with Crippen LogP contribution in [0.15, 0.2) is 18.2 Å². The van der Waals surface area contributed by atoms with Crippen LogP contribution in [-0.2, 0) is 14.8 Å². The molecule has 1 aliphatic rings. The van der Waals surface area contributed by atoms with Gasteiger partial charge in [-0.25, -0.2) is 13.4 Å². The van der Waals surface area contributed by atoms with E-state index in [1.165, 1.54) is 15.6 Å². The van der Waals surface area contributed by atoms with E-state index in [9.17, 15) is 13.2 Å². The highest BCUT2D eigenvalue weighted by Crippen LogP contribution is 2.28. The number of rotatable bonds is 3. The molecular weight excluding hydrogens is 322 g/mol. The minimum Gasteiger partial charge on any atom is -0.301 e. The van der Waals surface area contributed by atoms with Crippen LogP contribution >= 0.6 is 11.3 Å². The maximum atomic E-state index is 12.4. The van der Waals surface area contributed by atoms with Crippen LogP contribution in [-0.4, -0.2) is 42.5 Å². The molecule has 0 radical (unpaired) electrons. The Bertz CT molecular complexity index is 829. The van der Waals surface area contributed by atoms with E-state index in [2.05, 4.69) is 10.3 Å². The van der Waals surface area contributed by atoms with E-state index in [1.54, 1.807) is 0 Å². The summed E-state index contributed by atoms with van der Waals surface area (Å²) in [6.07, 6.45) is 2.38. The van der Waals surface area contributed by atoms with Crippen molar-refractivity contribution in [3.63, 3.8) is 0 Å². The molecule has 3 rings (SSSR count). The molecule has 2 aromatic rings. The van der Waals surface area contributed by atoms with Crippen molar-refractivity contribution < 1.29 is 13.2 Å². The molecule has 0 bridgehead atoms. The van der Waals surface area contributed by atoms with Crippen LogP contribution in [0.5, 0.6) is 0 Å². The molecule has 1 atom stereocenters. The molecular formula is C14H17N3O3S2. The Labute approximate surface area is 133 Å². The third kappa shape index (κ3) is 2.99. The number of fused-ring (bicyclic) bond motifs is 1. The third-order valence-corrected chi connectivity index (χ3v) is 5.93. The van der Waals surface area contributed by atoms with Crippen molar-refractivity contribution in [1.29, 1.82) is 0 Å². The Morgan fingerprint density at radius 2 is 2.23 bits per heavy atom. The highest BCUT2D eigenvalue weighted by Gasteiger charge is 2.36. The number of aromatic nitrogens is 1. The maximum absolute atomic E-state index is 12.4. The van der Waals surface area contributed by atoms with Crippen LogP contribution in [0.3, 0.4) is 0 Å². The number of nitrogens with zero attached hydrogens (tertiary/aromatic N) is 2. The van der Waals surface area contributed by atoms with E-state index in [0.29, 0.717) is 24.5 Å². The van der Waals surface area contributed by atoms with Crippen molar-refractivity contribution >= 4 is 42.6 Å². The first-order valence-electron chi connectivity index (χ1n) is 6.99. The summed E-state index contributed by atoms with van der Waals surface area (Å²) in [4.78, 5) is 16.7. The summed E-state index contributed by atoms with van der Waals surface area (Å²) in [7, 11) is -3.36. The Balaban J connectivity index is 1.80. The fraction of sp³-hybridized carbons (Fsp3) is 0.429. The van der Waals surface area contributed by atoms with Crippen molar-refractivity contribution in [3.8, 4) is 0 Å². The van der Waals surface area contributed by atoms with Crippen LogP contribution in [0, 0.1) is 6.92 Å². The Morgan fingerprint density at radius 3 is 2.95 bits per heavy atom. The van der Waals surface area contributed by atoms with E-state index >= 15 is 0 Å². The first kappa shape index (κ1) is 15.4. The van der Waals surface area contributed by atoms with Crippen LogP contribution in [0.1, 0.15) is 18.4 Å². The summed E-state index contributed by atoms with van der Waals surface area (Å²) in [6, 6.07) is 5.26. The molecule has 1 aromatic carbocycles. The molecule has 1 amide bonds. The minimum atomic E-state index is -3.36. The summed E-state index contributed by atoms with van der Waals surface area (Å²) in [6.45, 7) is 2.40. The second-order valence-corrected chi connectivity index (χ2v) is 8.48. The minimum absolute atomic E-state index is 0.307. The summed E-state index contributed by atoms with van der Waals surface area (Å²) in [5.41, 5.74) is 1.96. The van der Waals surface area contributed by atoms with E-state index < -0.39 is 16.1 Å². The van der Waals surface area contributed by atoms with Gasteiger partial charge in [-0.05, 0) is 37.5 Å². The molecule has 8 heteroatoms. The van der Waals surface area contributed by atoms with Gasteiger partial charge in [-0.15, -0.1) is 0 Å². The van der Waals surface area contributed by atoms with Gasteiger partial charge in [0.25, 0.3) is 0 Å². The van der Waals surface area contributed by atoms with Crippen molar-refractivity contribution in [2.75, 3.05) is 18.1 Å².